The van der Waals surface area contributed by atoms with Gasteiger partial charge in [-0.05, 0) is 6.08 Å². The molecule has 12 heteroatoms. The lowest BCUT2D eigenvalue weighted by Crippen LogP contribution is -2.25. The van der Waals surface area contributed by atoms with Gasteiger partial charge in [0, 0.05) is 24.6 Å². The summed E-state index contributed by atoms with van der Waals surface area (Å²) in [4.78, 5) is 25.0. The summed E-state index contributed by atoms with van der Waals surface area (Å²) in [5.41, 5.74) is 2.38. The molecular weight excluding hydrogens is 437 g/mol. The quantitative estimate of drug-likeness (QED) is 0.477. The Bertz CT molecular complexity index is 1410. The van der Waals surface area contributed by atoms with Gasteiger partial charge >= 0.3 is 6.18 Å². The zero-order valence-corrected chi connectivity index (χ0v) is 17.1. The molecule has 1 aliphatic heterocycles. The Morgan fingerprint density at radius 1 is 1.30 bits per heavy atom. The van der Waals surface area contributed by atoms with E-state index in [4.69, 9.17) is 0 Å². The first-order chi connectivity index (χ1) is 14.3. The lowest BCUT2D eigenvalue weighted by molar-refractivity contribution is -0.135. The summed E-state index contributed by atoms with van der Waals surface area (Å²) in [5.74, 6) is 0. The number of hydrogen-bond acceptors (Lipinski definition) is 7. The van der Waals surface area contributed by atoms with E-state index >= 15 is 0 Å². The average Bonchev–Trinajstić information content (AvgIpc) is 3.45. The van der Waals surface area contributed by atoms with E-state index in [0.29, 0.717) is 40.9 Å². The van der Waals surface area contributed by atoms with Crippen LogP contribution in [0.5, 0.6) is 0 Å². The summed E-state index contributed by atoms with van der Waals surface area (Å²) in [6.07, 6.45) is 1.56. The average molecular weight is 450 g/mol. The molecule has 0 fully saturated rings. The minimum atomic E-state index is -4.52. The first-order valence-corrected chi connectivity index (χ1v) is 10.6. The molecule has 5 rings (SSSR count). The van der Waals surface area contributed by atoms with Crippen LogP contribution in [-0.4, -0.2) is 36.6 Å². The molecule has 0 spiro atoms. The first-order valence-electron chi connectivity index (χ1n) is 8.86. The van der Waals surface area contributed by atoms with Crippen LogP contribution in [0.4, 0.5) is 13.2 Å². The summed E-state index contributed by atoms with van der Waals surface area (Å²) >= 11 is 1.97. The molecule has 0 aliphatic carbocycles. The normalized spacial score (nSPS) is 14.3. The molecule has 0 radical (unpaired) electrons. The van der Waals surface area contributed by atoms with Crippen molar-refractivity contribution < 1.29 is 13.2 Å². The van der Waals surface area contributed by atoms with Crippen molar-refractivity contribution in [2.75, 3.05) is 6.54 Å². The molecule has 0 saturated carbocycles. The number of halogens is 3. The zero-order valence-electron chi connectivity index (χ0n) is 15.5. The van der Waals surface area contributed by atoms with Crippen LogP contribution in [0, 0.1) is 0 Å². The number of aliphatic imine (C=N–C) groups is 1. The van der Waals surface area contributed by atoms with Gasteiger partial charge in [0.2, 0.25) is 0 Å². The van der Waals surface area contributed by atoms with Gasteiger partial charge in [-0.3, -0.25) is 9.79 Å². The number of aryl methyl sites for hydroxylation is 1. The van der Waals surface area contributed by atoms with Gasteiger partial charge in [0.1, 0.15) is 15.4 Å². The molecule has 0 amide bonds. The second-order valence-corrected chi connectivity index (χ2v) is 8.66. The maximum Gasteiger partial charge on any atom is 0.427 e. The van der Waals surface area contributed by atoms with E-state index < -0.39 is 16.6 Å². The Hall–Kier alpha value is -2.86. The number of allylic oxidation sites excluding steroid dienone is 1. The molecule has 5 heterocycles. The fraction of sp³-hybridized carbons (Fsp3) is 0.278. The highest BCUT2D eigenvalue weighted by atomic mass is 32.1. The molecule has 4 aromatic heterocycles. The van der Waals surface area contributed by atoms with Crippen LogP contribution in [-0.2, 0) is 26.2 Å². The number of nitrogens with zero attached hydrogens (tertiary/aromatic N) is 6. The number of alkyl halides is 3. The van der Waals surface area contributed by atoms with E-state index in [2.05, 4.69) is 20.1 Å². The maximum absolute atomic E-state index is 13.1. The van der Waals surface area contributed by atoms with E-state index in [1.807, 2.05) is 12.2 Å². The standard InChI is InChI=1S/C18H13F3N6OS2/c1-26-13-10(14-16(26)25-12(30-14)5-9-3-2-4-22-9)6-24-27(17(13)28)7-11-15(18(19,20)21)29-8-23-11/h2-3,6,8H,4-5,7H2,1H3. The van der Waals surface area contributed by atoms with Gasteiger partial charge < -0.3 is 4.57 Å². The molecule has 154 valence electrons. The Labute approximate surface area is 174 Å². The monoisotopic (exact) mass is 450 g/mol. The van der Waals surface area contributed by atoms with Gasteiger partial charge in [-0.1, -0.05) is 6.08 Å². The Kier molecular flexibility index (Phi) is 4.36. The fourth-order valence-corrected chi connectivity index (χ4v) is 5.25. The predicted molar refractivity (Wildman–Crippen MR) is 110 cm³/mol. The van der Waals surface area contributed by atoms with Gasteiger partial charge in [-0.25, -0.2) is 14.6 Å². The minimum Gasteiger partial charge on any atom is -0.323 e. The zero-order chi connectivity index (χ0) is 21.0. The van der Waals surface area contributed by atoms with Crippen molar-refractivity contribution in [3.63, 3.8) is 0 Å². The molecular formula is C18H13F3N6OS2. The lowest BCUT2D eigenvalue weighted by atomic mass is 10.3. The van der Waals surface area contributed by atoms with Gasteiger partial charge in [0.05, 0.1) is 35.2 Å². The highest BCUT2D eigenvalue weighted by Gasteiger charge is 2.36. The first kappa shape index (κ1) is 19.1. The van der Waals surface area contributed by atoms with Crippen molar-refractivity contribution in [2.24, 2.45) is 12.0 Å². The summed E-state index contributed by atoms with van der Waals surface area (Å²) < 4.78 is 42.9. The van der Waals surface area contributed by atoms with Crippen LogP contribution in [0.1, 0.15) is 15.6 Å². The van der Waals surface area contributed by atoms with Crippen LogP contribution in [0.2, 0.25) is 0 Å². The molecule has 1 aliphatic rings. The highest BCUT2D eigenvalue weighted by Crippen LogP contribution is 2.35. The van der Waals surface area contributed by atoms with Crippen LogP contribution in [0.25, 0.3) is 21.3 Å². The molecule has 0 atom stereocenters. The maximum atomic E-state index is 13.1. The molecule has 0 bridgehead atoms. The molecule has 0 aromatic carbocycles. The van der Waals surface area contributed by atoms with Crippen molar-refractivity contribution in [1.82, 2.24) is 24.3 Å². The largest absolute Gasteiger partial charge is 0.427 e. The summed E-state index contributed by atoms with van der Waals surface area (Å²) in [6, 6.07) is 0. The van der Waals surface area contributed by atoms with E-state index in [1.54, 1.807) is 11.6 Å². The summed E-state index contributed by atoms with van der Waals surface area (Å²) in [7, 11) is 1.72. The van der Waals surface area contributed by atoms with Gasteiger partial charge in [0.25, 0.3) is 5.56 Å². The Balaban J connectivity index is 1.56. The third kappa shape index (κ3) is 3.06. The van der Waals surface area contributed by atoms with Crippen LogP contribution in [0.3, 0.4) is 0 Å². The van der Waals surface area contributed by atoms with E-state index in [9.17, 15) is 18.0 Å². The number of thiazole rings is 2. The van der Waals surface area contributed by atoms with E-state index in [0.717, 1.165) is 25.6 Å². The van der Waals surface area contributed by atoms with Gasteiger partial charge in [-0.2, -0.15) is 18.3 Å². The molecule has 0 saturated heterocycles. The fourth-order valence-electron chi connectivity index (χ4n) is 3.46. The Morgan fingerprint density at radius 3 is 2.87 bits per heavy atom. The third-order valence-electron chi connectivity index (χ3n) is 4.81. The summed E-state index contributed by atoms with van der Waals surface area (Å²) in [6.45, 7) is 0.332. The van der Waals surface area contributed by atoms with E-state index in [1.165, 1.54) is 17.5 Å². The highest BCUT2D eigenvalue weighted by molar-refractivity contribution is 7.19. The molecule has 7 nitrogen and oxygen atoms in total. The van der Waals surface area contributed by atoms with Crippen molar-refractivity contribution in [3.05, 3.63) is 49.8 Å². The van der Waals surface area contributed by atoms with Crippen molar-refractivity contribution in [1.29, 1.82) is 0 Å². The predicted octanol–water partition coefficient (Wildman–Crippen LogP) is 3.42. The second-order valence-electron chi connectivity index (χ2n) is 6.73. The van der Waals surface area contributed by atoms with Gasteiger partial charge in [-0.15, -0.1) is 22.7 Å². The molecule has 4 aromatic rings. The molecule has 0 N–H and O–H groups in total. The van der Waals surface area contributed by atoms with Crippen LogP contribution < -0.4 is 5.56 Å². The van der Waals surface area contributed by atoms with E-state index in [-0.39, 0.29) is 12.2 Å². The third-order valence-corrected chi connectivity index (χ3v) is 6.80. The lowest BCUT2D eigenvalue weighted by Gasteiger charge is -2.08. The smallest absolute Gasteiger partial charge is 0.323 e. The summed E-state index contributed by atoms with van der Waals surface area (Å²) in [5, 5.41) is 5.63. The number of aromatic nitrogens is 5. The van der Waals surface area contributed by atoms with Crippen LogP contribution in [0.15, 0.2) is 33.6 Å². The van der Waals surface area contributed by atoms with Crippen LogP contribution >= 0.6 is 22.7 Å². The minimum absolute atomic E-state index is 0.219. The van der Waals surface area contributed by atoms with Gasteiger partial charge in [0.15, 0.2) is 5.65 Å². The topological polar surface area (TPSA) is 78.0 Å². The second kappa shape index (κ2) is 6.84. The molecule has 30 heavy (non-hydrogen) atoms. The van der Waals surface area contributed by atoms with Crippen molar-refractivity contribution in [2.45, 2.75) is 19.1 Å². The van der Waals surface area contributed by atoms with Crippen molar-refractivity contribution in [3.8, 4) is 0 Å². The van der Waals surface area contributed by atoms with Crippen molar-refractivity contribution >= 4 is 49.6 Å². The SMILES string of the molecule is Cn1c2nc(CC3=NCC=C3)sc2c2cnn(Cc3ncsc3C(F)(F)F)c(=O)c21. The number of fused-ring (bicyclic) bond motifs is 3. The number of rotatable bonds is 4. The molecule has 0 unspecified atom stereocenters. The Morgan fingerprint density at radius 2 is 2.13 bits per heavy atom. The number of hydrogen-bond donors (Lipinski definition) is 0.